The van der Waals surface area contributed by atoms with Crippen molar-refractivity contribution in [3.05, 3.63) is 41.4 Å². The minimum absolute atomic E-state index is 0.107. The Labute approximate surface area is 126 Å². The topological polar surface area (TPSA) is 58.3 Å². The Bertz CT molecular complexity index is 853. The van der Waals surface area contributed by atoms with E-state index in [2.05, 4.69) is 9.55 Å². The van der Waals surface area contributed by atoms with Crippen molar-refractivity contribution in [2.75, 3.05) is 0 Å². The van der Waals surface area contributed by atoms with Gasteiger partial charge in [0.2, 0.25) is 0 Å². The number of benzene rings is 2. The molecule has 0 spiro atoms. The van der Waals surface area contributed by atoms with Crippen LogP contribution in [0.15, 0.2) is 36.4 Å². The highest BCUT2D eigenvalue weighted by Gasteiger charge is 2.29. The van der Waals surface area contributed by atoms with Gasteiger partial charge in [0.15, 0.2) is 0 Å². The van der Waals surface area contributed by atoms with Gasteiger partial charge in [-0.3, -0.25) is 0 Å². The molecule has 1 aromatic heterocycles. The number of aromatic hydroxyl groups is 2. The van der Waals surface area contributed by atoms with E-state index in [-0.39, 0.29) is 11.5 Å². The summed E-state index contributed by atoms with van der Waals surface area (Å²) in [7, 11) is 0. The Morgan fingerprint density at radius 1 is 1.10 bits per heavy atom. The van der Waals surface area contributed by atoms with E-state index < -0.39 is 0 Å². The van der Waals surface area contributed by atoms with Crippen LogP contribution in [0.2, 0.25) is 5.02 Å². The molecule has 1 aliphatic rings. The molecule has 0 aliphatic heterocycles. The van der Waals surface area contributed by atoms with Crippen molar-refractivity contribution in [1.29, 1.82) is 0 Å². The number of rotatable bonds is 2. The van der Waals surface area contributed by atoms with Crippen molar-refractivity contribution >= 4 is 22.6 Å². The molecule has 1 aliphatic carbocycles. The maximum absolute atomic E-state index is 10.1. The van der Waals surface area contributed by atoms with Crippen molar-refractivity contribution in [2.24, 2.45) is 0 Å². The van der Waals surface area contributed by atoms with Gasteiger partial charge in [-0.05, 0) is 49.2 Å². The molecule has 5 heteroatoms. The first-order valence-corrected chi connectivity index (χ1v) is 7.21. The standard InChI is InChI=1S/C16H13ClN2O2/c17-9-1-5-14-13(7-9)18-16(19(14)10-2-3-10)12-8-11(20)4-6-15(12)21/h1,4-8,10,20-21H,2-3H2. The number of phenolic OH excluding ortho intramolecular Hbond substituents is 2. The third-order valence-electron chi connectivity index (χ3n) is 3.78. The first kappa shape index (κ1) is 12.5. The van der Waals surface area contributed by atoms with Crippen LogP contribution < -0.4 is 0 Å². The predicted octanol–water partition coefficient (Wildman–Crippen LogP) is 4.10. The maximum Gasteiger partial charge on any atom is 0.145 e. The summed E-state index contributed by atoms with van der Waals surface area (Å²) in [6.07, 6.45) is 2.20. The minimum Gasteiger partial charge on any atom is -0.508 e. The van der Waals surface area contributed by atoms with Crippen LogP contribution in [-0.4, -0.2) is 19.8 Å². The van der Waals surface area contributed by atoms with E-state index in [9.17, 15) is 10.2 Å². The average molecular weight is 301 g/mol. The van der Waals surface area contributed by atoms with E-state index in [1.54, 1.807) is 0 Å². The monoisotopic (exact) mass is 300 g/mol. The van der Waals surface area contributed by atoms with E-state index in [0.29, 0.717) is 22.5 Å². The summed E-state index contributed by atoms with van der Waals surface area (Å²) in [5.41, 5.74) is 2.33. The number of hydrogen-bond donors (Lipinski definition) is 2. The summed E-state index contributed by atoms with van der Waals surface area (Å²) >= 11 is 6.04. The number of halogens is 1. The molecule has 0 unspecified atom stereocenters. The van der Waals surface area contributed by atoms with Crippen LogP contribution >= 0.6 is 11.6 Å². The fourth-order valence-electron chi connectivity index (χ4n) is 2.67. The highest BCUT2D eigenvalue weighted by molar-refractivity contribution is 6.31. The van der Waals surface area contributed by atoms with Gasteiger partial charge >= 0.3 is 0 Å². The average Bonchev–Trinajstić information content (AvgIpc) is 3.22. The summed E-state index contributed by atoms with van der Waals surface area (Å²) < 4.78 is 2.13. The highest BCUT2D eigenvalue weighted by atomic mass is 35.5. The number of nitrogens with zero attached hydrogens (tertiary/aromatic N) is 2. The number of phenols is 2. The summed E-state index contributed by atoms with van der Waals surface area (Å²) in [5.74, 6) is 0.884. The van der Waals surface area contributed by atoms with Gasteiger partial charge in [-0.15, -0.1) is 0 Å². The van der Waals surface area contributed by atoms with E-state index in [0.717, 1.165) is 23.9 Å². The Hall–Kier alpha value is -2.20. The molecule has 4 rings (SSSR count). The zero-order chi connectivity index (χ0) is 14.6. The van der Waals surface area contributed by atoms with E-state index in [4.69, 9.17) is 11.6 Å². The quantitative estimate of drug-likeness (QED) is 0.700. The molecule has 2 N–H and O–H groups in total. The number of imidazole rings is 1. The van der Waals surface area contributed by atoms with Crippen LogP contribution in [0.4, 0.5) is 0 Å². The molecular formula is C16H13ClN2O2. The van der Waals surface area contributed by atoms with Crippen LogP contribution in [0, 0.1) is 0 Å². The van der Waals surface area contributed by atoms with Gasteiger partial charge in [-0.2, -0.15) is 0 Å². The van der Waals surface area contributed by atoms with Crippen LogP contribution in [-0.2, 0) is 0 Å². The fraction of sp³-hybridized carbons (Fsp3) is 0.188. The van der Waals surface area contributed by atoms with E-state index >= 15 is 0 Å². The Kier molecular flexibility index (Phi) is 2.62. The van der Waals surface area contributed by atoms with Crippen molar-refractivity contribution in [3.8, 4) is 22.9 Å². The lowest BCUT2D eigenvalue weighted by atomic mass is 10.1. The second kappa shape index (κ2) is 4.40. The predicted molar refractivity (Wildman–Crippen MR) is 81.8 cm³/mol. The van der Waals surface area contributed by atoms with Gasteiger partial charge < -0.3 is 14.8 Å². The molecule has 0 saturated heterocycles. The summed E-state index contributed by atoms with van der Waals surface area (Å²) in [5, 5.41) is 20.4. The molecule has 21 heavy (non-hydrogen) atoms. The molecule has 3 aromatic rings. The van der Waals surface area contributed by atoms with Crippen molar-refractivity contribution in [3.63, 3.8) is 0 Å². The Morgan fingerprint density at radius 3 is 2.67 bits per heavy atom. The van der Waals surface area contributed by atoms with Gasteiger partial charge in [0.05, 0.1) is 16.6 Å². The summed E-state index contributed by atoms with van der Waals surface area (Å²) in [6.45, 7) is 0. The van der Waals surface area contributed by atoms with Crippen molar-refractivity contribution in [2.45, 2.75) is 18.9 Å². The zero-order valence-electron chi connectivity index (χ0n) is 11.1. The maximum atomic E-state index is 10.1. The summed E-state index contributed by atoms with van der Waals surface area (Å²) in [6, 6.07) is 10.5. The fourth-order valence-corrected chi connectivity index (χ4v) is 2.83. The Morgan fingerprint density at radius 2 is 1.90 bits per heavy atom. The first-order valence-electron chi connectivity index (χ1n) is 6.83. The second-order valence-electron chi connectivity index (χ2n) is 5.37. The molecular weight excluding hydrogens is 288 g/mol. The summed E-state index contributed by atoms with van der Waals surface area (Å²) in [4.78, 5) is 4.61. The number of aromatic nitrogens is 2. The first-order chi connectivity index (χ1) is 10.1. The lowest BCUT2D eigenvalue weighted by Gasteiger charge is -2.09. The number of fused-ring (bicyclic) bond motifs is 1. The minimum atomic E-state index is 0.107. The van der Waals surface area contributed by atoms with Crippen LogP contribution in [0.5, 0.6) is 11.5 Å². The normalized spacial score (nSPS) is 14.7. The van der Waals surface area contributed by atoms with Gasteiger partial charge in [0, 0.05) is 11.1 Å². The molecule has 2 aromatic carbocycles. The molecule has 4 nitrogen and oxygen atoms in total. The van der Waals surface area contributed by atoms with E-state index in [1.807, 2.05) is 18.2 Å². The lowest BCUT2D eigenvalue weighted by Crippen LogP contribution is -1.97. The second-order valence-corrected chi connectivity index (χ2v) is 5.81. The van der Waals surface area contributed by atoms with Crippen LogP contribution in [0.25, 0.3) is 22.4 Å². The van der Waals surface area contributed by atoms with Gasteiger partial charge in [0.1, 0.15) is 17.3 Å². The third-order valence-corrected chi connectivity index (χ3v) is 4.02. The highest BCUT2D eigenvalue weighted by Crippen LogP contribution is 2.43. The lowest BCUT2D eigenvalue weighted by molar-refractivity contribution is 0.461. The zero-order valence-corrected chi connectivity index (χ0v) is 11.9. The largest absolute Gasteiger partial charge is 0.508 e. The number of hydrogen-bond acceptors (Lipinski definition) is 3. The van der Waals surface area contributed by atoms with Gasteiger partial charge in [-0.25, -0.2) is 4.98 Å². The van der Waals surface area contributed by atoms with Crippen LogP contribution in [0.3, 0.4) is 0 Å². The molecule has 106 valence electrons. The molecule has 1 fully saturated rings. The molecule has 0 atom stereocenters. The van der Waals surface area contributed by atoms with Crippen molar-refractivity contribution in [1.82, 2.24) is 9.55 Å². The van der Waals surface area contributed by atoms with Crippen LogP contribution in [0.1, 0.15) is 18.9 Å². The molecule has 0 amide bonds. The smallest absolute Gasteiger partial charge is 0.145 e. The molecule has 1 heterocycles. The molecule has 0 radical (unpaired) electrons. The van der Waals surface area contributed by atoms with Gasteiger partial charge in [-0.1, -0.05) is 11.6 Å². The third kappa shape index (κ3) is 2.03. The Balaban J connectivity index is 2.03. The molecule has 0 bridgehead atoms. The molecule has 1 saturated carbocycles. The van der Waals surface area contributed by atoms with Gasteiger partial charge in [0.25, 0.3) is 0 Å². The van der Waals surface area contributed by atoms with Crippen molar-refractivity contribution < 1.29 is 10.2 Å². The SMILES string of the molecule is Oc1ccc(O)c(-c2nc3cc(Cl)ccc3n2C2CC2)c1. The van der Waals surface area contributed by atoms with E-state index in [1.165, 1.54) is 18.2 Å².